The first-order valence-corrected chi connectivity index (χ1v) is 30.9. The van der Waals surface area contributed by atoms with Gasteiger partial charge in [-0.2, -0.15) is 0 Å². The molecular weight excluding hydrogens is 889 g/mol. The minimum atomic E-state index is -0.768. The highest BCUT2D eigenvalue weighted by molar-refractivity contribution is 5.71. The van der Waals surface area contributed by atoms with E-state index < -0.39 is 6.10 Å². The molecule has 1 atom stereocenters. The van der Waals surface area contributed by atoms with E-state index in [0.29, 0.717) is 19.3 Å². The number of hydrogen-bond donors (Lipinski definition) is 0. The van der Waals surface area contributed by atoms with Crippen LogP contribution in [-0.2, 0) is 28.6 Å². The van der Waals surface area contributed by atoms with E-state index in [4.69, 9.17) is 14.2 Å². The third kappa shape index (κ3) is 57.7. The van der Waals surface area contributed by atoms with Gasteiger partial charge in [-0.05, 0) is 70.6 Å². The summed E-state index contributed by atoms with van der Waals surface area (Å²) in [5.74, 6) is -0.859. The molecule has 0 bridgehead atoms. The monoisotopic (exact) mass is 1000 g/mol. The Labute approximate surface area is 446 Å². The molecule has 0 heterocycles. The summed E-state index contributed by atoms with van der Waals surface area (Å²) in [6.07, 6.45) is 77.8. The van der Waals surface area contributed by atoms with Crippen molar-refractivity contribution >= 4 is 17.9 Å². The van der Waals surface area contributed by atoms with Crippen LogP contribution < -0.4 is 0 Å². The maximum atomic E-state index is 12.8. The molecular formula is C66H116O6. The third-order valence-corrected chi connectivity index (χ3v) is 13.5. The Morgan fingerprint density at radius 3 is 0.847 bits per heavy atom. The molecule has 0 aliphatic carbocycles. The summed E-state index contributed by atoms with van der Waals surface area (Å²) < 4.78 is 16.8. The molecule has 6 heteroatoms. The number of esters is 3. The van der Waals surface area contributed by atoms with Gasteiger partial charge in [0.05, 0.1) is 0 Å². The van der Waals surface area contributed by atoms with Crippen molar-refractivity contribution in [1.82, 2.24) is 0 Å². The second-order valence-corrected chi connectivity index (χ2v) is 20.6. The van der Waals surface area contributed by atoms with Crippen molar-refractivity contribution in [3.05, 3.63) is 72.9 Å². The maximum Gasteiger partial charge on any atom is 0.306 e. The molecule has 0 aromatic rings. The zero-order valence-corrected chi connectivity index (χ0v) is 47.7. The number of hydrogen-bond acceptors (Lipinski definition) is 6. The summed E-state index contributed by atoms with van der Waals surface area (Å²) >= 11 is 0. The largest absolute Gasteiger partial charge is 0.462 e. The van der Waals surface area contributed by atoms with Gasteiger partial charge in [0.25, 0.3) is 0 Å². The first-order valence-electron chi connectivity index (χ1n) is 30.9. The molecule has 0 N–H and O–H groups in total. The van der Waals surface area contributed by atoms with Crippen LogP contribution in [0.25, 0.3) is 0 Å². The van der Waals surface area contributed by atoms with E-state index >= 15 is 0 Å². The third-order valence-electron chi connectivity index (χ3n) is 13.5. The van der Waals surface area contributed by atoms with Crippen LogP contribution >= 0.6 is 0 Å². The number of unbranched alkanes of at least 4 members (excludes halogenated alkanes) is 33. The Kier molecular flexibility index (Phi) is 57.8. The molecule has 0 spiro atoms. The Morgan fingerprint density at radius 1 is 0.292 bits per heavy atom. The van der Waals surface area contributed by atoms with Gasteiger partial charge in [0.1, 0.15) is 13.2 Å². The molecule has 0 saturated carbocycles. The zero-order valence-electron chi connectivity index (χ0n) is 47.7. The van der Waals surface area contributed by atoms with Crippen LogP contribution in [-0.4, -0.2) is 37.2 Å². The van der Waals surface area contributed by atoms with Crippen LogP contribution in [0.1, 0.15) is 310 Å². The van der Waals surface area contributed by atoms with Crippen molar-refractivity contribution in [2.75, 3.05) is 13.2 Å². The van der Waals surface area contributed by atoms with Crippen molar-refractivity contribution < 1.29 is 28.6 Å². The number of rotatable bonds is 56. The topological polar surface area (TPSA) is 78.9 Å². The number of allylic oxidation sites excluding steroid dienone is 12. The molecule has 0 rings (SSSR count). The van der Waals surface area contributed by atoms with Crippen LogP contribution in [0.4, 0.5) is 0 Å². The van der Waals surface area contributed by atoms with Gasteiger partial charge < -0.3 is 14.2 Å². The highest BCUT2D eigenvalue weighted by Crippen LogP contribution is 2.17. The van der Waals surface area contributed by atoms with Crippen molar-refractivity contribution in [3.8, 4) is 0 Å². The van der Waals surface area contributed by atoms with Gasteiger partial charge in [0, 0.05) is 19.3 Å². The van der Waals surface area contributed by atoms with Crippen molar-refractivity contribution in [3.63, 3.8) is 0 Å². The average Bonchev–Trinajstić information content (AvgIpc) is 3.38. The molecule has 0 aromatic carbocycles. The van der Waals surface area contributed by atoms with Crippen LogP contribution in [0.5, 0.6) is 0 Å². The smallest absolute Gasteiger partial charge is 0.306 e. The fraction of sp³-hybridized carbons (Fsp3) is 0.773. The Hall–Kier alpha value is -3.15. The zero-order chi connectivity index (χ0) is 52.2. The fourth-order valence-corrected chi connectivity index (χ4v) is 8.86. The highest BCUT2D eigenvalue weighted by Gasteiger charge is 2.19. The van der Waals surface area contributed by atoms with Gasteiger partial charge in [-0.25, -0.2) is 0 Å². The minimum absolute atomic E-state index is 0.0693. The van der Waals surface area contributed by atoms with E-state index in [0.717, 1.165) is 96.3 Å². The van der Waals surface area contributed by atoms with E-state index in [-0.39, 0.29) is 31.1 Å². The first-order chi connectivity index (χ1) is 35.5. The predicted molar refractivity (Wildman–Crippen MR) is 311 cm³/mol. The van der Waals surface area contributed by atoms with Crippen molar-refractivity contribution in [2.45, 2.75) is 316 Å². The normalized spacial score (nSPS) is 12.5. The van der Waals surface area contributed by atoms with E-state index in [9.17, 15) is 14.4 Å². The second kappa shape index (κ2) is 60.4. The molecule has 0 amide bonds. The average molecular weight is 1010 g/mol. The Bertz CT molecular complexity index is 1340. The fourth-order valence-electron chi connectivity index (χ4n) is 8.86. The SMILES string of the molecule is CC/C=C\C/C=C\C/C=C\C/C=C\C/C=C\C/C=C\CCCCCCCCCCCCCCCCC(=O)OCC(COC(=O)CCCCCCCCCCCC)OC(=O)CCCCCCCCCCCCC. The molecule has 0 aromatic heterocycles. The second-order valence-electron chi connectivity index (χ2n) is 20.6. The van der Waals surface area contributed by atoms with Gasteiger partial charge in [0.2, 0.25) is 0 Å². The van der Waals surface area contributed by atoms with Crippen LogP contribution in [0, 0.1) is 0 Å². The molecule has 0 aliphatic rings. The summed E-state index contributed by atoms with van der Waals surface area (Å²) in [4.78, 5) is 38.0. The van der Waals surface area contributed by atoms with Crippen molar-refractivity contribution in [2.24, 2.45) is 0 Å². The lowest BCUT2D eigenvalue weighted by Crippen LogP contribution is -2.30. The van der Waals surface area contributed by atoms with E-state index in [1.165, 1.54) is 173 Å². The van der Waals surface area contributed by atoms with E-state index in [1.807, 2.05) is 0 Å². The van der Waals surface area contributed by atoms with Gasteiger partial charge in [-0.1, -0.05) is 293 Å². The molecule has 72 heavy (non-hydrogen) atoms. The summed E-state index contributed by atoms with van der Waals surface area (Å²) in [6, 6.07) is 0. The summed E-state index contributed by atoms with van der Waals surface area (Å²) in [7, 11) is 0. The Balaban J connectivity index is 4.05. The van der Waals surface area contributed by atoms with Crippen LogP contribution in [0.3, 0.4) is 0 Å². The molecule has 0 radical (unpaired) electrons. The molecule has 416 valence electrons. The van der Waals surface area contributed by atoms with E-state index in [2.05, 4.69) is 93.7 Å². The number of ether oxygens (including phenoxy) is 3. The lowest BCUT2D eigenvalue weighted by molar-refractivity contribution is -0.167. The molecule has 6 nitrogen and oxygen atoms in total. The predicted octanol–water partition coefficient (Wildman–Crippen LogP) is 20.9. The lowest BCUT2D eigenvalue weighted by Gasteiger charge is -2.18. The maximum absolute atomic E-state index is 12.8. The Morgan fingerprint density at radius 2 is 0.542 bits per heavy atom. The van der Waals surface area contributed by atoms with Gasteiger partial charge in [0.15, 0.2) is 6.10 Å². The molecule has 0 fully saturated rings. The summed E-state index contributed by atoms with van der Waals surface area (Å²) in [5.41, 5.74) is 0. The quantitative estimate of drug-likeness (QED) is 0.0261. The van der Waals surface area contributed by atoms with Crippen LogP contribution in [0.2, 0.25) is 0 Å². The van der Waals surface area contributed by atoms with Gasteiger partial charge >= 0.3 is 17.9 Å². The molecule has 1 unspecified atom stereocenters. The standard InChI is InChI=1S/C66H116O6/c1-4-7-10-13-16-19-22-23-24-25-26-27-28-29-30-31-32-33-34-35-36-37-38-39-40-41-42-43-45-47-50-53-56-59-65(68)71-62-63(61-70-64(67)58-55-52-49-46-21-18-15-12-9-6-3)72-66(69)60-57-54-51-48-44-20-17-14-11-8-5-2/h7,10,16,19,23-24,26-27,29-30,32-33,63H,4-6,8-9,11-15,17-18,20-22,25,28,31,34-62H2,1-3H3/b10-7-,19-16-,24-23-,27-26-,30-29-,33-32-. The first kappa shape index (κ1) is 68.8. The van der Waals surface area contributed by atoms with Crippen LogP contribution in [0.15, 0.2) is 72.9 Å². The molecule has 0 saturated heterocycles. The highest BCUT2D eigenvalue weighted by atomic mass is 16.6. The summed E-state index contributed by atoms with van der Waals surface area (Å²) in [5, 5.41) is 0. The van der Waals surface area contributed by atoms with Gasteiger partial charge in [-0.3, -0.25) is 14.4 Å². The van der Waals surface area contributed by atoms with Gasteiger partial charge in [-0.15, -0.1) is 0 Å². The van der Waals surface area contributed by atoms with E-state index in [1.54, 1.807) is 0 Å². The molecule has 0 aliphatic heterocycles. The summed E-state index contributed by atoms with van der Waals surface area (Å²) in [6.45, 7) is 6.53. The number of carbonyl (C=O) groups is 3. The number of carbonyl (C=O) groups excluding carboxylic acids is 3. The lowest BCUT2D eigenvalue weighted by atomic mass is 10.0. The van der Waals surface area contributed by atoms with Crippen molar-refractivity contribution in [1.29, 1.82) is 0 Å². The minimum Gasteiger partial charge on any atom is -0.462 e.